The zero-order chi connectivity index (χ0) is 10.6. The second kappa shape index (κ2) is 4.50. The molecule has 4 nitrogen and oxygen atoms in total. The minimum atomic E-state index is -0.628. The number of nitrogens with zero attached hydrogens (tertiary/aromatic N) is 1. The Bertz CT molecular complexity index is 360. The highest BCUT2D eigenvalue weighted by Gasteiger charge is 2.14. The molecule has 0 N–H and O–H groups in total. The topological polar surface area (TPSA) is 60.2 Å². The summed E-state index contributed by atoms with van der Waals surface area (Å²) >= 11 is 0. The third kappa shape index (κ3) is 2.39. The van der Waals surface area contributed by atoms with E-state index in [2.05, 4.69) is 0 Å². The molecule has 0 fully saturated rings. The molecule has 0 saturated carbocycles. The fourth-order valence-electron chi connectivity index (χ4n) is 1.30. The van der Waals surface area contributed by atoms with E-state index >= 15 is 0 Å². The van der Waals surface area contributed by atoms with Crippen LogP contribution in [0.15, 0.2) is 24.3 Å². The van der Waals surface area contributed by atoms with E-state index < -0.39 is 17.3 Å². The van der Waals surface area contributed by atoms with Crippen LogP contribution in [-0.2, 0) is 6.42 Å². The van der Waals surface area contributed by atoms with Gasteiger partial charge >= 0.3 is 0 Å². The Morgan fingerprint density at radius 3 is 2.64 bits per heavy atom. The van der Waals surface area contributed by atoms with Crippen molar-refractivity contribution < 1.29 is 9.72 Å². The summed E-state index contributed by atoms with van der Waals surface area (Å²) in [6.07, 6.45) is 0.708. The van der Waals surface area contributed by atoms with Gasteiger partial charge in [0.05, 0.1) is 0 Å². The summed E-state index contributed by atoms with van der Waals surface area (Å²) in [5, 5.41) is 10.2. The molecule has 0 aliphatic carbocycles. The van der Waals surface area contributed by atoms with Crippen LogP contribution in [-0.4, -0.2) is 17.3 Å². The Hall–Kier alpha value is -1.71. The second-order valence-electron chi connectivity index (χ2n) is 2.92. The summed E-state index contributed by atoms with van der Waals surface area (Å²) < 4.78 is 0. The van der Waals surface area contributed by atoms with Crippen molar-refractivity contribution in [3.63, 3.8) is 0 Å². The van der Waals surface area contributed by atoms with Crippen LogP contribution in [0, 0.1) is 10.1 Å². The average molecular weight is 193 g/mol. The molecule has 0 radical (unpaired) electrons. The SMILES string of the molecule is CCc1ccccc1C(=O)C[N+](=O)[O-]. The fourth-order valence-corrected chi connectivity index (χ4v) is 1.30. The van der Waals surface area contributed by atoms with E-state index in [9.17, 15) is 14.9 Å². The highest BCUT2D eigenvalue weighted by Crippen LogP contribution is 2.10. The quantitative estimate of drug-likeness (QED) is 0.415. The minimum absolute atomic E-state index is 0.424. The maximum absolute atomic E-state index is 11.4. The number of hydrogen-bond donors (Lipinski definition) is 0. The van der Waals surface area contributed by atoms with Crippen molar-refractivity contribution in [1.29, 1.82) is 0 Å². The summed E-state index contributed by atoms with van der Waals surface area (Å²) in [6, 6.07) is 6.98. The third-order valence-electron chi connectivity index (χ3n) is 1.97. The molecule has 0 aromatic heterocycles. The molecule has 1 aromatic rings. The van der Waals surface area contributed by atoms with Crippen molar-refractivity contribution in [3.05, 3.63) is 45.5 Å². The van der Waals surface area contributed by atoms with E-state index in [0.29, 0.717) is 12.0 Å². The van der Waals surface area contributed by atoms with Crippen LogP contribution in [0.25, 0.3) is 0 Å². The highest BCUT2D eigenvalue weighted by molar-refractivity contribution is 5.98. The molecule has 0 heterocycles. The standard InChI is InChI=1S/C10H11NO3/c1-2-8-5-3-4-6-9(8)10(12)7-11(13)14/h3-6H,2,7H2,1H3. The number of ketones is 1. The number of hydrogen-bond acceptors (Lipinski definition) is 3. The molecule has 74 valence electrons. The van der Waals surface area contributed by atoms with Gasteiger partial charge < -0.3 is 0 Å². The van der Waals surface area contributed by atoms with Crippen LogP contribution in [0.3, 0.4) is 0 Å². The van der Waals surface area contributed by atoms with Crippen LogP contribution >= 0.6 is 0 Å². The van der Waals surface area contributed by atoms with Crippen molar-refractivity contribution in [3.8, 4) is 0 Å². The van der Waals surface area contributed by atoms with E-state index in [1.54, 1.807) is 12.1 Å². The summed E-state index contributed by atoms with van der Waals surface area (Å²) in [5.41, 5.74) is 1.33. The first kappa shape index (κ1) is 10.4. The predicted octanol–water partition coefficient (Wildman–Crippen LogP) is 1.71. The normalized spacial score (nSPS) is 9.79. The van der Waals surface area contributed by atoms with E-state index in [1.165, 1.54) is 0 Å². The number of benzene rings is 1. The zero-order valence-corrected chi connectivity index (χ0v) is 7.90. The van der Waals surface area contributed by atoms with E-state index in [1.807, 2.05) is 19.1 Å². The Morgan fingerprint density at radius 2 is 2.07 bits per heavy atom. The molecule has 0 amide bonds. The maximum Gasteiger partial charge on any atom is 0.265 e. The molecule has 4 heteroatoms. The predicted molar refractivity (Wildman–Crippen MR) is 52.0 cm³/mol. The Balaban J connectivity index is 2.94. The third-order valence-corrected chi connectivity index (χ3v) is 1.97. The van der Waals surface area contributed by atoms with Gasteiger partial charge in [-0.15, -0.1) is 0 Å². The minimum Gasteiger partial charge on any atom is -0.287 e. The smallest absolute Gasteiger partial charge is 0.265 e. The van der Waals surface area contributed by atoms with Gasteiger partial charge in [-0.2, -0.15) is 0 Å². The summed E-state index contributed by atoms with van der Waals surface area (Å²) in [7, 11) is 0. The van der Waals surface area contributed by atoms with Crippen LogP contribution in [0.5, 0.6) is 0 Å². The summed E-state index contributed by atoms with van der Waals surface area (Å²) in [6.45, 7) is 1.29. The van der Waals surface area contributed by atoms with Gasteiger partial charge in [-0.25, -0.2) is 0 Å². The number of nitro groups is 1. The van der Waals surface area contributed by atoms with Crippen LogP contribution in [0.2, 0.25) is 0 Å². The lowest BCUT2D eigenvalue weighted by Gasteiger charge is -2.02. The first-order chi connectivity index (χ1) is 6.65. The summed E-state index contributed by atoms with van der Waals surface area (Å²) in [4.78, 5) is 21.0. The maximum atomic E-state index is 11.4. The van der Waals surface area contributed by atoms with Crippen molar-refractivity contribution in [2.24, 2.45) is 0 Å². The second-order valence-corrected chi connectivity index (χ2v) is 2.92. The van der Waals surface area contributed by atoms with Crippen LogP contribution < -0.4 is 0 Å². The van der Waals surface area contributed by atoms with Crippen molar-refractivity contribution in [1.82, 2.24) is 0 Å². The van der Waals surface area contributed by atoms with Crippen LogP contribution in [0.4, 0.5) is 0 Å². The monoisotopic (exact) mass is 193 g/mol. The molecular weight excluding hydrogens is 182 g/mol. The summed E-state index contributed by atoms with van der Waals surface area (Å²) in [5.74, 6) is -0.424. The Labute approximate surface area is 81.7 Å². The molecule has 0 bridgehead atoms. The van der Waals surface area contributed by atoms with Crippen molar-refractivity contribution >= 4 is 5.78 Å². The molecule has 0 unspecified atom stereocenters. The van der Waals surface area contributed by atoms with Crippen LogP contribution in [0.1, 0.15) is 22.8 Å². The Kier molecular flexibility index (Phi) is 3.34. The van der Waals surface area contributed by atoms with Gasteiger partial charge in [0.2, 0.25) is 5.78 Å². The largest absolute Gasteiger partial charge is 0.287 e. The highest BCUT2D eigenvalue weighted by atomic mass is 16.6. The lowest BCUT2D eigenvalue weighted by atomic mass is 10.0. The van der Waals surface area contributed by atoms with Gasteiger partial charge in [0.1, 0.15) is 0 Å². The molecule has 0 aliphatic heterocycles. The number of Topliss-reactive ketones (excluding diaryl/α,β-unsaturated/α-hetero) is 1. The van der Waals surface area contributed by atoms with Gasteiger partial charge in [0.15, 0.2) is 0 Å². The number of aryl methyl sites for hydroxylation is 1. The molecule has 1 aromatic carbocycles. The van der Waals surface area contributed by atoms with Crippen molar-refractivity contribution in [2.45, 2.75) is 13.3 Å². The lowest BCUT2D eigenvalue weighted by Crippen LogP contribution is -2.15. The number of carbonyl (C=O) groups is 1. The van der Waals surface area contributed by atoms with Gasteiger partial charge in [-0.05, 0) is 12.0 Å². The van der Waals surface area contributed by atoms with Gasteiger partial charge in [0.25, 0.3) is 6.54 Å². The average Bonchev–Trinajstić information content (AvgIpc) is 2.16. The molecule has 0 aliphatic rings. The van der Waals surface area contributed by atoms with E-state index in [4.69, 9.17) is 0 Å². The number of carbonyl (C=O) groups excluding carboxylic acids is 1. The zero-order valence-electron chi connectivity index (χ0n) is 7.90. The molecule has 0 atom stereocenters. The molecule has 0 saturated heterocycles. The van der Waals surface area contributed by atoms with Crippen molar-refractivity contribution in [2.75, 3.05) is 6.54 Å². The molecule has 14 heavy (non-hydrogen) atoms. The molecule has 1 rings (SSSR count). The number of rotatable bonds is 4. The van der Waals surface area contributed by atoms with Gasteiger partial charge in [-0.3, -0.25) is 14.9 Å². The lowest BCUT2D eigenvalue weighted by molar-refractivity contribution is -0.465. The fraction of sp³-hybridized carbons (Fsp3) is 0.300. The van der Waals surface area contributed by atoms with E-state index in [0.717, 1.165) is 5.56 Å². The Morgan fingerprint density at radius 1 is 1.43 bits per heavy atom. The first-order valence-electron chi connectivity index (χ1n) is 4.38. The van der Waals surface area contributed by atoms with Gasteiger partial charge in [0, 0.05) is 10.5 Å². The molecular formula is C10H11NO3. The van der Waals surface area contributed by atoms with E-state index in [-0.39, 0.29) is 0 Å². The van der Waals surface area contributed by atoms with Gasteiger partial charge in [-0.1, -0.05) is 31.2 Å². The molecule has 0 spiro atoms. The first-order valence-corrected chi connectivity index (χ1v) is 4.38.